The molecule has 0 aliphatic carbocycles. The van der Waals surface area contributed by atoms with Gasteiger partial charge in [-0.15, -0.1) is 0 Å². The van der Waals surface area contributed by atoms with Crippen LogP contribution in [0.4, 0.5) is 0 Å². The minimum atomic E-state index is 0.618. The molecule has 1 aliphatic rings. The maximum absolute atomic E-state index is 4.53. The SMILES string of the molecule is CCCC1CN=C(NCCN(C)C(C)C)S1. The minimum Gasteiger partial charge on any atom is -0.364 e. The molecule has 1 heterocycles. The second-order valence-corrected chi connectivity index (χ2v) is 5.96. The van der Waals surface area contributed by atoms with Gasteiger partial charge in [-0.1, -0.05) is 25.1 Å². The molecule has 0 saturated heterocycles. The summed E-state index contributed by atoms with van der Waals surface area (Å²) >= 11 is 1.92. The maximum Gasteiger partial charge on any atom is 0.156 e. The van der Waals surface area contributed by atoms with Crippen LogP contribution in [0.1, 0.15) is 33.6 Å². The fourth-order valence-electron chi connectivity index (χ4n) is 1.58. The van der Waals surface area contributed by atoms with Crippen LogP contribution in [0.15, 0.2) is 4.99 Å². The van der Waals surface area contributed by atoms with E-state index < -0.39 is 0 Å². The van der Waals surface area contributed by atoms with Gasteiger partial charge >= 0.3 is 0 Å². The Morgan fingerprint density at radius 3 is 2.94 bits per heavy atom. The van der Waals surface area contributed by atoms with E-state index in [1.807, 2.05) is 11.8 Å². The van der Waals surface area contributed by atoms with E-state index in [9.17, 15) is 0 Å². The summed E-state index contributed by atoms with van der Waals surface area (Å²) in [5, 5.41) is 5.29. The molecule has 1 atom stereocenters. The largest absolute Gasteiger partial charge is 0.364 e. The molecule has 3 nitrogen and oxygen atoms in total. The Morgan fingerprint density at radius 1 is 1.56 bits per heavy atom. The normalized spacial score (nSPS) is 20.6. The van der Waals surface area contributed by atoms with Gasteiger partial charge in [-0.05, 0) is 27.3 Å². The lowest BCUT2D eigenvalue weighted by Crippen LogP contribution is -2.35. The Labute approximate surface area is 104 Å². The van der Waals surface area contributed by atoms with E-state index in [0.29, 0.717) is 6.04 Å². The first-order chi connectivity index (χ1) is 7.63. The molecule has 0 radical (unpaired) electrons. The smallest absolute Gasteiger partial charge is 0.156 e. The highest BCUT2D eigenvalue weighted by atomic mass is 32.2. The van der Waals surface area contributed by atoms with Gasteiger partial charge in [0.15, 0.2) is 5.17 Å². The van der Waals surface area contributed by atoms with Gasteiger partial charge < -0.3 is 10.2 Å². The second kappa shape index (κ2) is 7.17. The summed E-state index contributed by atoms with van der Waals surface area (Å²) in [6, 6.07) is 0.618. The number of hydrogen-bond donors (Lipinski definition) is 1. The highest BCUT2D eigenvalue weighted by Gasteiger charge is 2.18. The molecule has 0 aromatic heterocycles. The average molecular weight is 243 g/mol. The lowest BCUT2D eigenvalue weighted by Gasteiger charge is -2.21. The zero-order valence-electron chi connectivity index (χ0n) is 11.0. The van der Waals surface area contributed by atoms with Crippen LogP contribution in [0.5, 0.6) is 0 Å². The van der Waals surface area contributed by atoms with Gasteiger partial charge in [0.25, 0.3) is 0 Å². The van der Waals surface area contributed by atoms with Crippen molar-refractivity contribution in [2.45, 2.75) is 44.9 Å². The number of aliphatic imine (C=N–C) groups is 1. The van der Waals surface area contributed by atoms with Gasteiger partial charge in [0.05, 0.1) is 6.54 Å². The summed E-state index contributed by atoms with van der Waals surface area (Å²) in [6.07, 6.45) is 2.54. The third-order valence-corrected chi connectivity index (χ3v) is 4.16. The van der Waals surface area contributed by atoms with Crippen LogP contribution >= 0.6 is 11.8 Å². The molecule has 1 N–H and O–H groups in total. The molecule has 0 bridgehead atoms. The zero-order valence-corrected chi connectivity index (χ0v) is 11.8. The molecular weight excluding hydrogens is 218 g/mol. The van der Waals surface area contributed by atoms with Crippen molar-refractivity contribution in [1.82, 2.24) is 10.2 Å². The molecule has 1 rings (SSSR count). The molecule has 0 spiro atoms. The van der Waals surface area contributed by atoms with Crippen LogP contribution in [0.2, 0.25) is 0 Å². The molecule has 1 unspecified atom stereocenters. The Morgan fingerprint density at radius 2 is 2.31 bits per heavy atom. The van der Waals surface area contributed by atoms with E-state index in [4.69, 9.17) is 0 Å². The van der Waals surface area contributed by atoms with Crippen molar-refractivity contribution in [2.24, 2.45) is 4.99 Å². The van der Waals surface area contributed by atoms with Crippen LogP contribution in [-0.4, -0.2) is 48.0 Å². The summed E-state index contributed by atoms with van der Waals surface area (Å²) in [6.45, 7) is 9.76. The predicted octanol–water partition coefficient (Wildman–Crippen LogP) is 2.19. The van der Waals surface area contributed by atoms with Crippen molar-refractivity contribution in [1.29, 1.82) is 0 Å². The molecule has 0 aromatic rings. The van der Waals surface area contributed by atoms with Crippen molar-refractivity contribution in [3.63, 3.8) is 0 Å². The third kappa shape index (κ3) is 4.74. The first kappa shape index (κ1) is 13.8. The Hall–Kier alpha value is -0.220. The number of hydrogen-bond acceptors (Lipinski definition) is 4. The number of nitrogens with zero attached hydrogens (tertiary/aromatic N) is 2. The number of nitrogens with one attached hydrogen (secondary N) is 1. The average Bonchev–Trinajstić information content (AvgIpc) is 2.66. The molecule has 94 valence electrons. The van der Waals surface area contributed by atoms with Gasteiger partial charge in [0.2, 0.25) is 0 Å². The minimum absolute atomic E-state index is 0.618. The van der Waals surface area contributed by atoms with Gasteiger partial charge in [0, 0.05) is 24.4 Å². The van der Waals surface area contributed by atoms with Crippen molar-refractivity contribution in [3.8, 4) is 0 Å². The van der Waals surface area contributed by atoms with Crippen molar-refractivity contribution in [3.05, 3.63) is 0 Å². The molecule has 0 saturated carbocycles. The quantitative estimate of drug-likeness (QED) is 0.775. The summed E-state index contributed by atoms with van der Waals surface area (Å²) in [4.78, 5) is 6.87. The topological polar surface area (TPSA) is 27.6 Å². The van der Waals surface area contributed by atoms with Crippen molar-refractivity contribution in [2.75, 3.05) is 26.7 Å². The molecular formula is C12H25N3S. The van der Waals surface area contributed by atoms with E-state index in [1.165, 1.54) is 12.8 Å². The number of likely N-dealkylation sites (N-methyl/N-ethyl adjacent to an activating group) is 1. The van der Waals surface area contributed by atoms with E-state index in [0.717, 1.165) is 30.1 Å². The van der Waals surface area contributed by atoms with Gasteiger partial charge in [-0.2, -0.15) is 0 Å². The second-order valence-electron chi connectivity index (χ2n) is 4.68. The molecule has 16 heavy (non-hydrogen) atoms. The highest BCUT2D eigenvalue weighted by molar-refractivity contribution is 8.14. The fourth-order valence-corrected chi connectivity index (χ4v) is 2.74. The van der Waals surface area contributed by atoms with E-state index in [-0.39, 0.29) is 0 Å². The van der Waals surface area contributed by atoms with Gasteiger partial charge in [-0.25, -0.2) is 0 Å². The first-order valence-corrected chi connectivity index (χ1v) is 7.16. The van der Waals surface area contributed by atoms with E-state index >= 15 is 0 Å². The maximum atomic E-state index is 4.53. The molecule has 0 amide bonds. The lowest BCUT2D eigenvalue weighted by molar-refractivity contribution is 0.278. The van der Waals surface area contributed by atoms with E-state index in [2.05, 4.69) is 43.0 Å². The van der Waals surface area contributed by atoms with E-state index in [1.54, 1.807) is 0 Å². The summed E-state index contributed by atoms with van der Waals surface area (Å²) < 4.78 is 0. The third-order valence-electron chi connectivity index (χ3n) is 2.95. The molecule has 0 fully saturated rings. The van der Waals surface area contributed by atoms with Crippen LogP contribution in [-0.2, 0) is 0 Å². The number of thioether (sulfide) groups is 1. The Bertz CT molecular complexity index is 228. The van der Waals surface area contributed by atoms with Crippen molar-refractivity contribution >= 4 is 16.9 Å². The van der Waals surface area contributed by atoms with Crippen LogP contribution < -0.4 is 5.32 Å². The zero-order chi connectivity index (χ0) is 12.0. The molecule has 1 aliphatic heterocycles. The number of amidine groups is 1. The molecule has 0 aromatic carbocycles. The Balaban J connectivity index is 2.11. The highest BCUT2D eigenvalue weighted by Crippen LogP contribution is 2.23. The molecule has 4 heteroatoms. The first-order valence-electron chi connectivity index (χ1n) is 6.28. The van der Waals surface area contributed by atoms with Crippen molar-refractivity contribution < 1.29 is 0 Å². The van der Waals surface area contributed by atoms with Crippen LogP contribution in [0.3, 0.4) is 0 Å². The van der Waals surface area contributed by atoms with Crippen LogP contribution in [0.25, 0.3) is 0 Å². The Kier molecular flexibility index (Phi) is 6.21. The summed E-state index contributed by atoms with van der Waals surface area (Å²) in [7, 11) is 2.16. The standard InChI is InChI=1S/C12H25N3S/c1-5-6-11-9-14-12(16-11)13-7-8-15(4)10(2)3/h10-11H,5-9H2,1-4H3,(H,13,14). The lowest BCUT2D eigenvalue weighted by atomic mass is 10.2. The predicted molar refractivity (Wildman–Crippen MR) is 74.4 cm³/mol. The monoisotopic (exact) mass is 243 g/mol. The fraction of sp³-hybridized carbons (Fsp3) is 0.917. The van der Waals surface area contributed by atoms with Gasteiger partial charge in [0.1, 0.15) is 0 Å². The summed E-state index contributed by atoms with van der Waals surface area (Å²) in [5.41, 5.74) is 0. The van der Waals surface area contributed by atoms with Gasteiger partial charge in [-0.3, -0.25) is 4.99 Å². The van der Waals surface area contributed by atoms with Crippen LogP contribution in [0, 0.1) is 0 Å². The number of rotatable bonds is 6. The summed E-state index contributed by atoms with van der Waals surface area (Å²) in [5.74, 6) is 0.